The van der Waals surface area contributed by atoms with Crippen molar-refractivity contribution < 1.29 is 19.4 Å². The van der Waals surface area contributed by atoms with Crippen LogP contribution >= 0.6 is 0 Å². The average molecular weight is 285 g/mol. The Labute approximate surface area is 122 Å². The standard InChI is InChI=1S/C16H15NO4/c1-10-2-4-12(9-13(10)18)17-16(19)11-3-5-14-15(8-11)21-7-6-20-14/h2-5,8-9,18H,6-7H2,1H3,(H,17,19). The van der Waals surface area contributed by atoms with E-state index in [-0.39, 0.29) is 11.7 Å². The number of aryl methyl sites for hydroxylation is 1. The van der Waals surface area contributed by atoms with E-state index in [1.54, 1.807) is 37.3 Å². The van der Waals surface area contributed by atoms with Crippen LogP contribution in [0.15, 0.2) is 36.4 Å². The van der Waals surface area contributed by atoms with Crippen LogP contribution in [-0.2, 0) is 0 Å². The summed E-state index contributed by atoms with van der Waals surface area (Å²) in [6.07, 6.45) is 0. The van der Waals surface area contributed by atoms with Gasteiger partial charge >= 0.3 is 0 Å². The van der Waals surface area contributed by atoms with Gasteiger partial charge in [0.05, 0.1) is 0 Å². The van der Waals surface area contributed by atoms with Gasteiger partial charge in [-0.1, -0.05) is 6.07 Å². The summed E-state index contributed by atoms with van der Waals surface area (Å²) in [5.74, 6) is 1.09. The minimum Gasteiger partial charge on any atom is -0.508 e. The number of carbonyl (C=O) groups excluding carboxylic acids is 1. The zero-order valence-corrected chi connectivity index (χ0v) is 11.6. The molecule has 0 fully saturated rings. The highest BCUT2D eigenvalue weighted by atomic mass is 16.6. The Hall–Kier alpha value is -2.69. The Kier molecular flexibility index (Phi) is 3.39. The fourth-order valence-corrected chi connectivity index (χ4v) is 2.08. The maximum atomic E-state index is 12.2. The van der Waals surface area contributed by atoms with Gasteiger partial charge in [0, 0.05) is 17.3 Å². The van der Waals surface area contributed by atoms with Gasteiger partial charge in [0.15, 0.2) is 11.5 Å². The highest BCUT2D eigenvalue weighted by Gasteiger charge is 2.15. The van der Waals surface area contributed by atoms with Gasteiger partial charge in [0.2, 0.25) is 0 Å². The van der Waals surface area contributed by atoms with E-state index in [0.717, 1.165) is 5.56 Å². The van der Waals surface area contributed by atoms with Crippen LogP contribution in [0.25, 0.3) is 0 Å². The molecule has 1 aliphatic rings. The van der Waals surface area contributed by atoms with Crippen molar-refractivity contribution in [1.29, 1.82) is 0 Å². The van der Waals surface area contributed by atoms with Crippen LogP contribution in [0.4, 0.5) is 5.69 Å². The van der Waals surface area contributed by atoms with Gasteiger partial charge in [0.1, 0.15) is 19.0 Å². The highest BCUT2D eigenvalue weighted by Crippen LogP contribution is 2.31. The Bertz CT molecular complexity index is 697. The quantitative estimate of drug-likeness (QED) is 0.890. The fraction of sp³-hybridized carbons (Fsp3) is 0.188. The lowest BCUT2D eigenvalue weighted by molar-refractivity contribution is 0.102. The molecule has 1 aliphatic heterocycles. The van der Waals surface area contributed by atoms with Crippen molar-refractivity contribution >= 4 is 11.6 Å². The number of carbonyl (C=O) groups is 1. The van der Waals surface area contributed by atoms with Crippen molar-refractivity contribution in [2.24, 2.45) is 0 Å². The molecule has 5 heteroatoms. The second kappa shape index (κ2) is 5.36. The highest BCUT2D eigenvalue weighted by molar-refractivity contribution is 6.04. The smallest absolute Gasteiger partial charge is 0.255 e. The number of ether oxygens (including phenoxy) is 2. The molecule has 0 spiro atoms. The van der Waals surface area contributed by atoms with Gasteiger partial charge in [-0.2, -0.15) is 0 Å². The predicted molar refractivity (Wildman–Crippen MR) is 78.2 cm³/mol. The Balaban J connectivity index is 1.80. The minimum absolute atomic E-state index is 0.148. The predicted octanol–water partition coefficient (Wildman–Crippen LogP) is 2.72. The lowest BCUT2D eigenvalue weighted by Crippen LogP contribution is -2.17. The minimum atomic E-state index is -0.268. The maximum absolute atomic E-state index is 12.2. The Morgan fingerprint density at radius 1 is 1.10 bits per heavy atom. The summed E-state index contributed by atoms with van der Waals surface area (Å²) >= 11 is 0. The van der Waals surface area contributed by atoms with Crippen LogP contribution in [0.1, 0.15) is 15.9 Å². The molecule has 1 heterocycles. The monoisotopic (exact) mass is 285 g/mol. The van der Waals surface area contributed by atoms with E-state index >= 15 is 0 Å². The molecule has 108 valence electrons. The molecular weight excluding hydrogens is 270 g/mol. The third-order valence-corrected chi connectivity index (χ3v) is 3.27. The van der Waals surface area contributed by atoms with E-state index in [4.69, 9.17) is 9.47 Å². The molecule has 0 saturated carbocycles. The Morgan fingerprint density at radius 2 is 1.86 bits per heavy atom. The number of fused-ring (bicyclic) bond motifs is 1. The summed E-state index contributed by atoms with van der Waals surface area (Å²) < 4.78 is 10.9. The van der Waals surface area contributed by atoms with E-state index in [0.29, 0.717) is 36.0 Å². The van der Waals surface area contributed by atoms with Gasteiger partial charge in [-0.25, -0.2) is 0 Å². The molecule has 0 aromatic heterocycles. The number of phenols is 1. The van der Waals surface area contributed by atoms with Crippen LogP contribution in [0.2, 0.25) is 0 Å². The van der Waals surface area contributed by atoms with E-state index in [1.807, 2.05) is 0 Å². The summed E-state index contributed by atoms with van der Waals surface area (Å²) in [4.78, 5) is 12.2. The summed E-state index contributed by atoms with van der Waals surface area (Å²) in [5, 5.41) is 12.4. The lowest BCUT2D eigenvalue weighted by Gasteiger charge is -2.18. The number of anilines is 1. The van der Waals surface area contributed by atoms with Gasteiger partial charge < -0.3 is 19.9 Å². The molecule has 5 nitrogen and oxygen atoms in total. The Morgan fingerprint density at radius 3 is 2.62 bits per heavy atom. The topological polar surface area (TPSA) is 67.8 Å². The molecule has 2 aromatic rings. The number of nitrogens with one attached hydrogen (secondary N) is 1. The number of phenolic OH excluding ortho intramolecular Hbond substituents is 1. The molecule has 0 bridgehead atoms. The van der Waals surface area contributed by atoms with Gasteiger partial charge in [-0.3, -0.25) is 4.79 Å². The van der Waals surface area contributed by atoms with E-state index in [2.05, 4.69) is 5.32 Å². The largest absolute Gasteiger partial charge is 0.508 e. The molecule has 1 amide bonds. The fourth-order valence-electron chi connectivity index (χ4n) is 2.08. The summed E-state index contributed by atoms with van der Waals surface area (Å²) in [6.45, 7) is 2.78. The van der Waals surface area contributed by atoms with Crippen LogP contribution < -0.4 is 14.8 Å². The molecule has 0 atom stereocenters. The van der Waals surface area contributed by atoms with Crippen LogP contribution in [0, 0.1) is 6.92 Å². The zero-order valence-electron chi connectivity index (χ0n) is 11.6. The van der Waals surface area contributed by atoms with Crippen molar-refractivity contribution in [3.8, 4) is 17.2 Å². The normalized spacial score (nSPS) is 12.8. The number of amides is 1. The second-order valence-electron chi connectivity index (χ2n) is 4.81. The van der Waals surface area contributed by atoms with Crippen molar-refractivity contribution in [2.75, 3.05) is 18.5 Å². The van der Waals surface area contributed by atoms with Crippen molar-refractivity contribution in [2.45, 2.75) is 6.92 Å². The lowest BCUT2D eigenvalue weighted by atomic mass is 10.1. The first-order valence-electron chi connectivity index (χ1n) is 6.64. The average Bonchev–Trinajstić information content (AvgIpc) is 2.50. The van der Waals surface area contributed by atoms with E-state index < -0.39 is 0 Å². The van der Waals surface area contributed by atoms with E-state index in [9.17, 15) is 9.90 Å². The molecule has 0 saturated heterocycles. The molecule has 21 heavy (non-hydrogen) atoms. The van der Waals surface area contributed by atoms with Crippen LogP contribution in [0.5, 0.6) is 17.2 Å². The van der Waals surface area contributed by atoms with Crippen molar-refractivity contribution in [3.63, 3.8) is 0 Å². The molecule has 0 radical (unpaired) electrons. The van der Waals surface area contributed by atoms with Gasteiger partial charge in [-0.05, 0) is 36.8 Å². The van der Waals surface area contributed by atoms with Gasteiger partial charge in [-0.15, -0.1) is 0 Å². The summed E-state index contributed by atoms with van der Waals surface area (Å²) in [6, 6.07) is 10.1. The van der Waals surface area contributed by atoms with Gasteiger partial charge in [0.25, 0.3) is 5.91 Å². The maximum Gasteiger partial charge on any atom is 0.255 e. The van der Waals surface area contributed by atoms with E-state index in [1.165, 1.54) is 6.07 Å². The van der Waals surface area contributed by atoms with Crippen molar-refractivity contribution in [1.82, 2.24) is 0 Å². The molecule has 3 rings (SSSR count). The molecule has 0 unspecified atom stereocenters. The number of benzene rings is 2. The summed E-state index contributed by atoms with van der Waals surface area (Å²) in [7, 11) is 0. The molecule has 2 N–H and O–H groups in total. The second-order valence-corrected chi connectivity index (χ2v) is 4.81. The first-order valence-corrected chi connectivity index (χ1v) is 6.64. The number of hydrogen-bond acceptors (Lipinski definition) is 4. The first-order chi connectivity index (χ1) is 10.1. The third-order valence-electron chi connectivity index (χ3n) is 3.27. The number of aromatic hydroxyl groups is 1. The van der Waals surface area contributed by atoms with Crippen LogP contribution in [0.3, 0.4) is 0 Å². The van der Waals surface area contributed by atoms with Crippen LogP contribution in [-0.4, -0.2) is 24.2 Å². The zero-order chi connectivity index (χ0) is 14.8. The summed E-state index contributed by atoms with van der Waals surface area (Å²) in [5.41, 5.74) is 1.77. The number of rotatable bonds is 2. The van der Waals surface area contributed by atoms with Crippen molar-refractivity contribution in [3.05, 3.63) is 47.5 Å². The SMILES string of the molecule is Cc1ccc(NC(=O)c2ccc3c(c2)OCCO3)cc1O. The molecule has 0 aliphatic carbocycles. The number of hydrogen-bond donors (Lipinski definition) is 2. The first kappa shape index (κ1) is 13.3. The third kappa shape index (κ3) is 2.76. The molecular formula is C16H15NO4. The molecule has 2 aromatic carbocycles.